The van der Waals surface area contributed by atoms with E-state index in [-0.39, 0.29) is 0 Å². The molecule has 0 saturated carbocycles. The molecule has 1 aromatic rings. The first-order valence-corrected chi connectivity index (χ1v) is 6.51. The van der Waals surface area contributed by atoms with Crippen LogP contribution in [-0.4, -0.2) is 16.3 Å². The summed E-state index contributed by atoms with van der Waals surface area (Å²) in [5, 5.41) is 16.6. The zero-order valence-electron chi connectivity index (χ0n) is 10.4. The van der Waals surface area contributed by atoms with E-state index in [4.69, 9.17) is 5.26 Å². The van der Waals surface area contributed by atoms with Crippen molar-refractivity contribution in [2.75, 3.05) is 6.54 Å². The van der Waals surface area contributed by atoms with Crippen LogP contribution in [0.15, 0.2) is 6.20 Å². The summed E-state index contributed by atoms with van der Waals surface area (Å²) >= 11 is 0. The monoisotopic (exact) mass is 232 g/mol. The highest BCUT2D eigenvalue weighted by Crippen LogP contribution is 2.28. The molecule has 1 aliphatic rings. The Kier molecular flexibility index (Phi) is 4.16. The average molecular weight is 232 g/mol. The van der Waals surface area contributed by atoms with Crippen LogP contribution in [0, 0.1) is 11.3 Å². The number of fused-ring (bicyclic) bond motifs is 1. The lowest BCUT2D eigenvalue weighted by Gasteiger charge is -2.15. The minimum absolute atomic E-state index is 0.452. The number of hydrogen-bond acceptors (Lipinski definition) is 3. The summed E-state index contributed by atoms with van der Waals surface area (Å²) in [6, 6.07) is 2.64. The van der Waals surface area contributed by atoms with Gasteiger partial charge in [0.25, 0.3) is 0 Å². The van der Waals surface area contributed by atoms with Crippen molar-refractivity contribution in [1.29, 1.82) is 5.26 Å². The number of nitrogens with one attached hydrogen (secondary N) is 1. The molecule has 92 valence electrons. The van der Waals surface area contributed by atoms with E-state index >= 15 is 0 Å². The van der Waals surface area contributed by atoms with Crippen molar-refractivity contribution in [3.63, 3.8) is 0 Å². The molecule has 1 N–H and O–H groups in total. The number of nitrogens with zero attached hydrogens (tertiary/aromatic N) is 3. The van der Waals surface area contributed by atoms with Gasteiger partial charge in [0.05, 0.1) is 25.2 Å². The highest BCUT2D eigenvalue weighted by molar-refractivity contribution is 5.23. The second kappa shape index (κ2) is 5.83. The molecule has 0 saturated heterocycles. The van der Waals surface area contributed by atoms with Crippen LogP contribution >= 0.6 is 0 Å². The largest absolute Gasteiger partial charge is 0.310 e. The van der Waals surface area contributed by atoms with E-state index in [2.05, 4.69) is 23.4 Å². The fraction of sp³-hybridized carbons (Fsp3) is 0.692. The molecule has 2 rings (SSSR count). The predicted molar refractivity (Wildman–Crippen MR) is 66.4 cm³/mol. The van der Waals surface area contributed by atoms with Gasteiger partial charge in [0.15, 0.2) is 0 Å². The van der Waals surface area contributed by atoms with E-state index in [1.54, 1.807) is 0 Å². The van der Waals surface area contributed by atoms with Crippen molar-refractivity contribution in [2.24, 2.45) is 0 Å². The van der Waals surface area contributed by atoms with Crippen molar-refractivity contribution < 1.29 is 0 Å². The van der Waals surface area contributed by atoms with Crippen LogP contribution in [-0.2, 0) is 13.0 Å². The fourth-order valence-corrected chi connectivity index (χ4v) is 2.59. The Morgan fingerprint density at radius 2 is 2.47 bits per heavy atom. The first-order valence-electron chi connectivity index (χ1n) is 6.51. The van der Waals surface area contributed by atoms with Gasteiger partial charge in [0, 0.05) is 17.3 Å². The number of aryl methyl sites for hydroxylation is 1. The number of aromatic nitrogens is 2. The number of hydrogen-bond donors (Lipinski definition) is 1. The summed E-state index contributed by atoms with van der Waals surface area (Å²) in [6.07, 6.45) is 7.33. The van der Waals surface area contributed by atoms with Crippen molar-refractivity contribution >= 4 is 0 Å². The zero-order valence-corrected chi connectivity index (χ0v) is 10.4. The Hall–Kier alpha value is -1.34. The lowest BCUT2D eigenvalue weighted by Crippen LogP contribution is -2.20. The SMILES string of the molecule is CCNC1CCCCc2c1cnn2CCC#N. The van der Waals surface area contributed by atoms with Crippen LogP contribution in [0.1, 0.15) is 49.9 Å². The Morgan fingerprint density at radius 1 is 1.59 bits per heavy atom. The third-order valence-corrected chi connectivity index (χ3v) is 3.40. The molecule has 17 heavy (non-hydrogen) atoms. The summed E-state index contributed by atoms with van der Waals surface area (Å²) in [5.41, 5.74) is 2.69. The van der Waals surface area contributed by atoms with Crippen molar-refractivity contribution in [1.82, 2.24) is 15.1 Å². The van der Waals surface area contributed by atoms with Gasteiger partial charge in [0.2, 0.25) is 0 Å². The van der Waals surface area contributed by atoms with E-state index < -0.39 is 0 Å². The van der Waals surface area contributed by atoms with Gasteiger partial charge in [-0.3, -0.25) is 4.68 Å². The molecule has 1 aliphatic carbocycles. The molecule has 0 aromatic carbocycles. The summed E-state index contributed by atoms with van der Waals surface area (Å²) in [7, 11) is 0. The van der Waals surface area contributed by atoms with Gasteiger partial charge in [-0.2, -0.15) is 10.4 Å². The molecule has 1 heterocycles. The van der Waals surface area contributed by atoms with Crippen molar-refractivity contribution in [3.05, 3.63) is 17.5 Å². The first-order chi connectivity index (χ1) is 8.36. The van der Waals surface area contributed by atoms with E-state index in [1.165, 1.54) is 30.5 Å². The first kappa shape index (κ1) is 12.1. The topological polar surface area (TPSA) is 53.6 Å². The van der Waals surface area contributed by atoms with E-state index in [9.17, 15) is 0 Å². The highest BCUT2D eigenvalue weighted by atomic mass is 15.3. The minimum atomic E-state index is 0.452. The molecule has 0 amide bonds. The molecule has 1 aromatic heterocycles. The summed E-state index contributed by atoms with van der Waals surface area (Å²) in [6.45, 7) is 3.86. The molecule has 0 bridgehead atoms. The van der Waals surface area contributed by atoms with Gasteiger partial charge >= 0.3 is 0 Å². The molecule has 0 radical (unpaired) electrons. The second-order valence-corrected chi connectivity index (χ2v) is 4.53. The van der Waals surface area contributed by atoms with Crippen molar-refractivity contribution in [2.45, 2.75) is 51.6 Å². The average Bonchev–Trinajstić information content (AvgIpc) is 2.63. The molecule has 0 aliphatic heterocycles. The molecule has 4 nitrogen and oxygen atoms in total. The molecule has 0 spiro atoms. The fourth-order valence-electron chi connectivity index (χ4n) is 2.59. The Bertz CT molecular complexity index is 402. The normalized spacial score (nSPS) is 19.4. The van der Waals surface area contributed by atoms with Gasteiger partial charge < -0.3 is 5.32 Å². The zero-order chi connectivity index (χ0) is 12.1. The van der Waals surface area contributed by atoms with E-state index in [0.717, 1.165) is 19.5 Å². The Morgan fingerprint density at radius 3 is 3.24 bits per heavy atom. The molecular formula is C13H20N4. The second-order valence-electron chi connectivity index (χ2n) is 4.53. The Labute approximate surface area is 103 Å². The van der Waals surface area contributed by atoms with Crippen LogP contribution in [0.5, 0.6) is 0 Å². The quantitative estimate of drug-likeness (QED) is 0.809. The lowest BCUT2D eigenvalue weighted by molar-refractivity contribution is 0.503. The molecule has 1 atom stereocenters. The summed E-state index contributed by atoms with van der Waals surface area (Å²) in [4.78, 5) is 0. The van der Waals surface area contributed by atoms with Gasteiger partial charge in [-0.05, 0) is 25.8 Å². The molecular weight excluding hydrogens is 212 g/mol. The van der Waals surface area contributed by atoms with Gasteiger partial charge in [-0.1, -0.05) is 13.3 Å². The highest BCUT2D eigenvalue weighted by Gasteiger charge is 2.21. The van der Waals surface area contributed by atoms with E-state index in [0.29, 0.717) is 12.5 Å². The van der Waals surface area contributed by atoms with Crippen LogP contribution in [0.4, 0.5) is 0 Å². The third-order valence-electron chi connectivity index (χ3n) is 3.40. The standard InChI is InChI=1S/C13H20N4/c1-2-15-12-6-3-4-7-13-11(12)10-16-17(13)9-5-8-14/h10,12,15H,2-7,9H2,1H3. The predicted octanol–water partition coefficient (Wildman–Crippen LogP) is 2.17. The summed E-state index contributed by atoms with van der Waals surface area (Å²) < 4.78 is 2.02. The van der Waals surface area contributed by atoms with Crippen LogP contribution < -0.4 is 5.32 Å². The Balaban J connectivity index is 2.21. The van der Waals surface area contributed by atoms with Crippen LogP contribution in [0.3, 0.4) is 0 Å². The summed E-state index contributed by atoms with van der Waals surface area (Å²) in [5.74, 6) is 0. The maximum atomic E-state index is 8.66. The van der Waals surface area contributed by atoms with Crippen LogP contribution in [0.25, 0.3) is 0 Å². The molecule has 4 heteroatoms. The maximum absolute atomic E-state index is 8.66. The minimum Gasteiger partial charge on any atom is -0.310 e. The van der Waals surface area contributed by atoms with E-state index in [1.807, 2.05) is 10.9 Å². The van der Waals surface area contributed by atoms with Crippen molar-refractivity contribution in [3.8, 4) is 6.07 Å². The maximum Gasteiger partial charge on any atom is 0.0641 e. The molecule has 1 unspecified atom stereocenters. The number of rotatable bonds is 4. The third kappa shape index (κ3) is 2.67. The van der Waals surface area contributed by atoms with Gasteiger partial charge in [0.1, 0.15) is 0 Å². The van der Waals surface area contributed by atoms with Gasteiger partial charge in [-0.25, -0.2) is 0 Å². The van der Waals surface area contributed by atoms with Crippen LogP contribution in [0.2, 0.25) is 0 Å². The van der Waals surface area contributed by atoms with Gasteiger partial charge in [-0.15, -0.1) is 0 Å². The molecule has 0 fully saturated rings. The smallest absolute Gasteiger partial charge is 0.0641 e. The lowest BCUT2D eigenvalue weighted by atomic mass is 10.1. The number of nitriles is 1.